The minimum Gasteiger partial charge on any atom is -0.369 e. The van der Waals surface area contributed by atoms with Crippen LogP contribution in [0.2, 0.25) is 0 Å². The summed E-state index contributed by atoms with van der Waals surface area (Å²) in [5.41, 5.74) is 1.26. The molecule has 2 aliphatic rings. The van der Waals surface area contributed by atoms with E-state index in [0.29, 0.717) is 19.1 Å². The van der Waals surface area contributed by atoms with Crippen LogP contribution in [0.3, 0.4) is 0 Å². The highest BCUT2D eigenvalue weighted by Gasteiger charge is 2.24. The molecule has 7 nitrogen and oxygen atoms in total. The van der Waals surface area contributed by atoms with Crippen LogP contribution >= 0.6 is 0 Å². The fourth-order valence-electron chi connectivity index (χ4n) is 3.45. The monoisotopic (exact) mass is 379 g/mol. The summed E-state index contributed by atoms with van der Waals surface area (Å²) in [7, 11) is -1.02. The second-order valence-corrected chi connectivity index (χ2v) is 9.21. The fourth-order valence-corrected chi connectivity index (χ4v) is 4.72. The van der Waals surface area contributed by atoms with E-state index in [1.807, 2.05) is 6.07 Å². The number of hydrogen-bond donors (Lipinski definition) is 2. The van der Waals surface area contributed by atoms with Crippen molar-refractivity contribution in [2.24, 2.45) is 4.99 Å². The predicted molar refractivity (Wildman–Crippen MR) is 107 cm³/mol. The Bertz CT molecular complexity index is 694. The zero-order valence-corrected chi connectivity index (χ0v) is 16.2. The van der Waals surface area contributed by atoms with E-state index in [1.165, 1.54) is 5.69 Å². The lowest BCUT2D eigenvalue weighted by molar-refractivity contribution is 0.299. The number of sulfone groups is 1. The van der Waals surface area contributed by atoms with Crippen LogP contribution in [0.5, 0.6) is 0 Å². The fraction of sp³-hybridized carbons (Fsp3) is 0.611. The number of nitrogens with one attached hydrogen (secondary N) is 2. The maximum Gasteiger partial charge on any atom is 0.191 e. The highest BCUT2D eigenvalue weighted by Crippen LogP contribution is 2.19. The van der Waals surface area contributed by atoms with Gasteiger partial charge in [0, 0.05) is 58.0 Å². The van der Waals surface area contributed by atoms with E-state index < -0.39 is 9.84 Å². The number of benzene rings is 1. The van der Waals surface area contributed by atoms with E-state index in [-0.39, 0.29) is 11.5 Å². The zero-order chi connectivity index (χ0) is 18.4. The van der Waals surface area contributed by atoms with Crippen molar-refractivity contribution < 1.29 is 8.42 Å². The SMILES string of the molecule is CN=C(NCCN1CCS(=O)(=O)CC1)NC1CCN(c2ccccc2)C1. The van der Waals surface area contributed by atoms with Crippen LogP contribution in [0.1, 0.15) is 6.42 Å². The molecule has 1 aromatic rings. The molecule has 2 fully saturated rings. The predicted octanol–water partition coefficient (Wildman–Crippen LogP) is 0.161. The third-order valence-corrected chi connectivity index (χ3v) is 6.64. The molecule has 0 bridgehead atoms. The zero-order valence-electron chi connectivity index (χ0n) is 15.4. The first kappa shape index (κ1) is 19.0. The van der Waals surface area contributed by atoms with Gasteiger partial charge in [0.05, 0.1) is 11.5 Å². The van der Waals surface area contributed by atoms with Crippen LogP contribution in [0, 0.1) is 0 Å². The Morgan fingerprint density at radius 1 is 1.19 bits per heavy atom. The van der Waals surface area contributed by atoms with Crippen LogP contribution in [0.15, 0.2) is 35.3 Å². The normalized spacial score (nSPS) is 23.8. The molecule has 0 amide bonds. The van der Waals surface area contributed by atoms with Gasteiger partial charge in [-0.25, -0.2) is 8.42 Å². The summed E-state index contributed by atoms with van der Waals surface area (Å²) in [6, 6.07) is 10.9. The van der Waals surface area contributed by atoms with Crippen molar-refractivity contribution in [3.05, 3.63) is 30.3 Å². The first-order valence-corrected chi connectivity index (χ1v) is 11.1. The third kappa shape index (κ3) is 5.35. The van der Waals surface area contributed by atoms with Crippen LogP contribution in [-0.4, -0.2) is 83.1 Å². The molecule has 0 radical (unpaired) electrons. The number of rotatable bonds is 5. The molecule has 0 saturated carbocycles. The maximum atomic E-state index is 11.5. The second-order valence-electron chi connectivity index (χ2n) is 6.90. The van der Waals surface area contributed by atoms with Gasteiger partial charge < -0.3 is 15.5 Å². The standard InChI is InChI=1S/C18H29N5O2S/c1-19-18(20-8-10-22-11-13-26(24,25)14-12-22)21-16-7-9-23(15-16)17-5-3-2-4-6-17/h2-6,16H,7-15H2,1H3,(H2,19,20,21). The van der Waals surface area contributed by atoms with Gasteiger partial charge in [-0.15, -0.1) is 0 Å². The molecule has 2 heterocycles. The average Bonchev–Trinajstić information content (AvgIpc) is 3.11. The lowest BCUT2D eigenvalue weighted by atomic mass is 10.3. The number of guanidine groups is 1. The lowest BCUT2D eigenvalue weighted by Gasteiger charge is -2.27. The lowest BCUT2D eigenvalue weighted by Crippen LogP contribution is -2.48. The van der Waals surface area contributed by atoms with Gasteiger partial charge in [-0.1, -0.05) is 18.2 Å². The first-order chi connectivity index (χ1) is 12.6. The molecule has 0 aliphatic carbocycles. The summed E-state index contributed by atoms with van der Waals surface area (Å²) in [5, 5.41) is 6.85. The van der Waals surface area contributed by atoms with E-state index >= 15 is 0 Å². The molecular formula is C18H29N5O2S. The molecule has 2 saturated heterocycles. The highest BCUT2D eigenvalue weighted by atomic mass is 32.2. The molecule has 2 N–H and O–H groups in total. The Balaban J connectivity index is 1.39. The average molecular weight is 380 g/mol. The minimum atomic E-state index is -2.81. The van der Waals surface area contributed by atoms with Crippen molar-refractivity contribution in [2.45, 2.75) is 12.5 Å². The molecule has 3 rings (SSSR count). The van der Waals surface area contributed by atoms with Crippen molar-refractivity contribution >= 4 is 21.5 Å². The van der Waals surface area contributed by atoms with E-state index in [2.05, 4.69) is 49.7 Å². The summed E-state index contributed by atoms with van der Waals surface area (Å²) >= 11 is 0. The second kappa shape index (κ2) is 8.73. The Morgan fingerprint density at radius 3 is 2.62 bits per heavy atom. The number of hydrogen-bond acceptors (Lipinski definition) is 5. The van der Waals surface area contributed by atoms with Crippen LogP contribution in [-0.2, 0) is 9.84 Å². The molecule has 8 heteroatoms. The highest BCUT2D eigenvalue weighted by molar-refractivity contribution is 7.91. The van der Waals surface area contributed by atoms with Crippen LogP contribution in [0.25, 0.3) is 0 Å². The summed E-state index contributed by atoms with van der Waals surface area (Å²) in [6.07, 6.45) is 1.08. The van der Waals surface area contributed by atoms with E-state index in [0.717, 1.165) is 38.6 Å². The van der Waals surface area contributed by atoms with Crippen LogP contribution < -0.4 is 15.5 Å². The Hall–Kier alpha value is -1.80. The smallest absolute Gasteiger partial charge is 0.191 e. The maximum absolute atomic E-state index is 11.5. The Labute approximate surface area is 156 Å². The van der Waals surface area contributed by atoms with E-state index in [1.54, 1.807) is 7.05 Å². The molecule has 0 spiro atoms. The molecule has 144 valence electrons. The number of anilines is 1. The topological polar surface area (TPSA) is 77.0 Å². The summed E-state index contributed by atoms with van der Waals surface area (Å²) < 4.78 is 22.9. The van der Waals surface area contributed by atoms with Gasteiger partial charge in [0.25, 0.3) is 0 Å². The van der Waals surface area contributed by atoms with Crippen molar-refractivity contribution in [1.29, 1.82) is 0 Å². The van der Waals surface area contributed by atoms with Gasteiger partial charge in [-0.2, -0.15) is 0 Å². The van der Waals surface area contributed by atoms with Crippen molar-refractivity contribution in [2.75, 3.05) is 62.7 Å². The van der Waals surface area contributed by atoms with Gasteiger partial charge >= 0.3 is 0 Å². The molecule has 26 heavy (non-hydrogen) atoms. The van der Waals surface area contributed by atoms with Gasteiger partial charge in [-0.05, 0) is 18.6 Å². The Kier molecular flexibility index (Phi) is 6.37. The summed E-state index contributed by atoms with van der Waals surface area (Å²) in [6.45, 7) is 4.86. The van der Waals surface area contributed by atoms with Gasteiger partial charge in [0.1, 0.15) is 0 Å². The van der Waals surface area contributed by atoms with Crippen LogP contribution in [0.4, 0.5) is 5.69 Å². The minimum absolute atomic E-state index is 0.275. The quantitative estimate of drug-likeness (QED) is 0.561. The molecular weight excluding hydrogens is 350 g/mol. The molecule has 1 aromatic carbocycles. The van der Waals surface area contributed by atoms with E-state index in [9.17, 15) is 8.42 Å². The van der Waals surface area contributed by atoms with Crippen molar-refractivity contribution in [1.82, 2.24) is 15.5 Å². The summed E-state index contributed by atoms with van der Waals surface area (Å²) in [4.78, 5) is 8.89. The molecule has 2 aliphatic heterocycles. The number of nitrogens with zero attached hydrogens (tertiary/aromatic N) is 3. The Morgan fingerprint density at radius 2 is 1.92 bits per heavy atom. The molecule has 1 unspecified atom stereocenters. The summed E-state index contributed by atoms with van der Waals surface area (Å²) in [5.74, 6) is 1.36. The number of aliphatic imine (C=N–C) groups is 1. The van der Waals surface area contributed by atoms with E-state index in [4.69, 9.17) is 0 Å². The van der Waals surface area contributed by atoms with Crippen molar-refractivity contribution in [3.8, 4) is 0 Å². The third-order valence-electron chi connectivity index (χ3n) is 5.03. The van der Waals surface area contributed by atoms with Gasteiger partial charge in [0.2, 0.25) is 0 Å². The largest absolute Gasteiger partial charge is 0.369 e. The van der Waals surface area contributed by atoms with Crippen molar-refractivity contribution in [3.63, 3.8) is 0 Å². The molecule has 0 aromatic heterocycles. The molecule has 1 atom stereocenters. The van der Waals surface area contributed by atoms with Gasteiger partial charge in [0.15, 0.2) is 15.8 Å². The van der Waals surface area contributed by atoms with Gasteiger partial charge in [-0.3, -0.25) is 9.89 Å². The number of para-hydroxylation sites is 1. The first-order valence-electron chi connectivity index (χ1n) is 9.26.